The molecule has 2 aliphatic heterocycles. The number of carbonyl (C=O) groups excluding carboxylic acids is 2. The van der Waals surface area contributed by atoms with Gasteiger partial charge in [0.25, 0.3) is 5.91 Å². The molecule has 5 nitrogen and oxygen atoms in total. The van der Waals surface area contributed by atoms with Crippen LogP contribution in [0.15, 0.2) is 83.5 Å². The van der Waals surface area contributed by atoms with Crippen molar-refractivity contribution in [3.05, 3.63) is 101 Å². The first-order chi connectivity index (χ1) is 17.2. The fourth-order valence-electron chi connectivity index (χ4n) is 5.77. The molecule has 0 radical (unpaired) electrons. The van der Waals surface area contributed by atoms with E-state index in [1.165, 1.54) is 31.4 Å². The summed E-state index contributed by atoms with van der Waals surface area (Å²) in [5.74, 6) is 0.0153. The molecule has 3 heterocycles. The van der Waals surface area contributed by atoms with Crippen molar-refractivity contribution in [3.63, 3.8) is 0 Å². The maximum Gasteiger partial charge on any atom is 0.256 e. The number of carbonyl (C=O) groups is 2. The van der Waals surface area contributed by atoms with Crippen LogP contribution in [-0.2, 0) is 0 Å². The van der Waals surface area contributed by atoms with Crippen molar-refractivity contribution in [1.82, 2.24) is 4.90 Å². The molecule has 2 aliphatic rings. The highest BCUT2D eigenvalue weighted by Gasteiger charge is 2.33. The van der Waals surface area contributed by atoms with Crippen LogP contribution in [0.2, 0.25) is 0 Å². The lowest BCUT2D eigenvalue weighted by Gasteiger charge is -2.34. The third-order valence-corrected chi connectivity index (χ3v) is 7.57. The molecule has 35 heavy (non-hydrogen) atoms. The minimum Gasteiger partial charge on any atom is -0.464 e. The number of benzene rings is 3. The fraction of sp³-hybridized carbons (Fsp3) is 0.267. The molecule has 0 bridgehead atoms. The van der Waals surface area contributed by atoms with Crippen LogP contribution < -0.4 is 5.32 Å². The summed E-state index contributed by atoms with van der Waals surface area (Å²) in [4.78, 5) is 29.0. The van der Waals surface area contributed by atoms with Crippen molar-refractivity contribution >= 4 is 28.3 Å². The van der Waals surface area contributed by atoms with Gasteiger partial charge < -0.3 is 14.6 Å². The molecule has 2 saturated heterocycles. The second kappa shape index (κ2) is 9.16. The van der Waals surface area contributed by atoms with Crippen LogP contribution in [0, 0.1) is 0 Å². The first-order valence-corrected chi connectivity index (χ1v) is 12.4. The lowest BCUT2D eigenvalue weighted by Crippen LogP contribution is -2.37. The summed E-state index contributed by atoms with van der Waals surface area (Å²) in [7, 11) is 0. The van der Waals surface area contributed by atoms with Crippen molar-refractivity contribution in [2.24, 2.45) is 0 Å². The predicted molar refractivity (Wildman–Crippen MR) is 137 cm³/mol. The highest BCUT2D eigenvalue weighted by Crippen LogP contribution is 2.40. The number of anilines is 1. The zero-order valence-corrected chi connectivity index (χ0v) is 19.6. The average molecular weight is 465 g/mol. The minimum atomic E-state index is -0.298. The van der Waals surface area contributed by atoms with E-state index in [1.54, 1.807) is 36.4 Å². The zero-order chi connectivity index (χ0) is 23.8. The van der Waals surface area contributed by atoms with E-state index >= 15 is 0 Å². The van der Waals surface area contributed by atoms with Gasteiger partial charge in [0.05, 0.1) is 11.8 Å². The fourth-order valence-corrected chi connectivity index (χ4v) is 5.77. The van der Waals surface area contributed by atoms with E-state index in [-0.39, 0.29) is 11.7 Å². The van der Waals surface area contributed by atoms with Gasteiger partial charge in [0, 0.05) is 33.8 Å². The number of fused-ring (bicyclic) bond motifs is 2. The molecule has 176 valence electrons. The first kappa shape index (κ1) is 21.8. The van der Waals surface area contributed by atoms with Gasteiger partial charge >= 0.3 is 0 Å². The summed E-state index contributed by atoms with van der Waals surface area (Å²) in [5, 5.41) is 4.08. The second-order valence-corrected chi connectivity index (χ2v) is 9.65. The van der Waals surface area contributed by atoms with Crippen molar-refractivity contribution in [2.45, 2.75) is 37.6 Å². The summed E-state index contributed by atoms with van der Waals surface area (Å²) in [5.41, 5.74) is 4.09. The van der Waals surface area contributed by atoms with Crippen LogP contribution in [0.1, 0.15) is 63.4 Å². The van der Waals surface area contributed by atoms with Gasteiger partial charge in [-0.15, -0.1) is 0 Å². The minimum absolute atomic E-state index is 0.165. The van der Waals surface area contributed by atoms with E-state index in [0.717, 1.165) is 23.9 Å². The van der Waals surface area contributed by atoms with Gasteiger partial charge in [-0.05, 0) is 69.0 Å². The van der Waals surface area contributed by atoms with Crippen LogP contribution in [0.5, 0.6) is 0 Å². The molecule has 3 aromatic carbocycles. The molecular formula is C30H28N2O3. The summed E-state index contributed by atoms with van der Waals surface area (Å²) in [6.45, 7) is 2.37. The van der Waals surface area contributed by atoms with Crippen LogP contribution in [-0.4, -0.2) is 35.7 Å². The van der Waals surface area contributed by atoms with E-state index < -0.39 is 0 Å². The highest BCUT2D eigenvalue weighted by molar-refractivity contribution is 6.17. The Hall–Kier alpha value is -3.70. The first-order valence-electron chi connectivity index (χ1n) is 12.4. The Kier molecular flexibility index (Phi) is 5.71. The molecule has 0 aliphatic carbocycles. The van der Waals surface area contributed by atoms with Crippen molar-refractivity contribution in [2.75, 3.05) is 18.4 Å². The molecular weight excluding hydrogens is 436 g/mol. The lowest BCUT2D eigenvalue weighted by molar-refractivity contribution is 0.0996. The normalized spacial score (nSPS) is 20.0. The third-order valence-electron chi connectivity index (χ3n) is 7.57. The third kappa shape index (κ3) is 4.17. The number of furan rings is 1. The summed E-state index contributed by atoms with van der Waals surface area (Å²) < 4.78 is 5.89. The maximum atomic E-state index is 13.3. The number of piperidine rings is 1. The lowest BCUT2D eigenvalue weighted by atomic mass is 9.85. The molecule has 6 rings (SSSR count). The van der Waals surface area contributed by atoms with Crippen molar-refractivity contribution in [1.29, 1.82) is 0 Å². The monoisotopic (exact) mass is 464 g/mol. The van der Waals surface area contributed by atoms with E-state index in [4.69, 9.17) is 4.42 Å². The second-order valence-electron chi connectivity index (χ2n) is 9.65. The number of amides is 1. The van der Waals surface area contributed by atoms with Crippen molar-refractivity contribution in [3.8, 4) is 0 Å². The van der Waals surface area contributed by atoms with Crippen LogP contribution in [0.3, 0.4) is 0 Å². The number of nitrogens with one attached hydrogen (secondary N) is 1. The molecule has 0 spiro atoms. The average Bonchev–Trinajstić information content (AvgIpc) is 3.55. The Morgan fingerprint density at radius 3 is 2.54 bits per heavy atom. The Balaban J connectivity index is 1.26. The maximum absolute atomic E-state index is 13.3. The quantitative estimate of drug-likeness (QED) is 0.354. The van der Waals surface area contributed by atoms with E-state index in [9.17, 15) is 9.59 Å². The molecule has 1 amide bonds. The van der Waals surface area contributed by atoms with Crippen molar-refractivity contribution < 1.29 is 14.0 Å². The number of hydrogen-bond donors (Lipinski definition) is 1. The predicted octanol–water partition coefficient (Wildman–Crippen LogP) is 6.26. The van der Waals surface area contributed by atoms with Crippen LogP contribution in [0.25, 0.3) is 11.0 Å². The number of rotatable bonds is 5. The standard InChI is InChI=1S/C30H28N2O3/c33-29(20-7-2-1-3-8-20)24-10-4-5-11-25(24)30(34)31-22-12-13-28-26(18-22)27(19-35-28)21-14-16-32-15-6-9-23(32)17-21/h1-5,7-8,10-13,18-19,21,23H,6,9,14-17H2,(H,31,34). The van der Waals surface area contributed by atoms with Gasteiger partial charge in [-0.25, -0.2) is 0 Å². The number of ketones is 1. The molecule has 2 unspecified atom stereocenters. The van der Waals surface area contributed by atoms with Gasteiger partial charge in [-0.3, -0.25) is 9.59 Å². The van der Waals surface area contributed by atoms with E-state index in [2.05, 4.69) is 10.2 Å². The van der Waals surface area contributed by atoms with E-state index in [0.29, 0.717) is 34.3 Å². The molecule has 2 fully saturated rings. The summed E-state index contributed by atoms with van der Waals surface area (Å²) >= 11 is 0. The molecule has 4 aromatic rings. The summed E-state index contributed by atoms with van der Waals surface area (Å²) in [6.07, 6.45) is 6.79. The molecule has 2 atom stereocenters. The van der Waals surface area contributed by atoms with Gasteiger partial charge in [-0.1, -0.05) is 48.5 Å². The Labute approximate surface area is 204 Å². The number of hydrogen-bond acceptors (Lipinski definition) is 4. The van der Waals surface area contributed by atoms with Crippen LogP contribution >= 0.6 is 0 Å². The molecule has 0 saturated carbocycles. The van der Waals surface area contributed by atoms with Gasteiger partial charge in [0.1, 0.15) is 5.58 Å². The number of nitrogens with zero attached hydrogens (tertiary/aromatic N) is 1. The zero-order valence-electron chi connectivity index (χ0n) is 19.6. The Bertz CT molecular complexity index is 1390. The van der Waals surface area contributed by atoms with Crippen LogP contribution in [0.4, 0.5) is 5.69 Å². The van der Waals surface area contributed by atoms with E-state index in [1.807, 2.05) is 42.7 Å². The van der Waals surface area contributed by atoms with Gasteiger partial charge in [0.2, 0.25) is 0 Å². The Morgan fingerprint density at radius 2 is 1.69 bits per heavy atom. The Morgan fingerprint density at radius 1 is 0.886 bits per heavy atom. The molecule has 1 N–H and O–H groups in total. The smallest absolute Gasteiger partial charge is 0.256 e. The SMILES string of the molecule is O=C(Nc1ccc2occ(C3CCN4CCCC4C3)c2c1)c1ccccc1C(=O)c1ccccc1. The largest absolute Gasteiger partial charge is 0.464 e. The summed E-state index contributed by atoms with van der Waals surface area (Å²) in [6, 6.07) is 22.5. The van der Waals surface area contributed by atoms with Gasteiger partial charge in [0.15, 0.2) is 5.78 Å². The topological polar surface area (TPSA) is 62.6 Å². The molecule has 5 heteroatoms. The molecule has 1 aromatic heterocycles. The highest BCUT2D eigenvalue weighted by atomic mass is 16.3. The van der Waals surface area contributed by atoms with Gasteiger partial charge in [-0.2, -0.15) is 0 Å².